The minimum atomic E-state index is -0.406. The van der Waals surface area contributed by atoms with Gasteiger partial charge < -0.3 is 0 Å². The third-order valence-electron chi connectivity index (χ3n) is 0.282. The van der Waals surface area contributed by atoms with Crippen molar-refractivity contribution < 1.29 is 0 Å². The summed E-state index contributed by atoms with van der Waals surface area (Å²) in [5.41, 5.74) is 2.17. The van der Waals surface area contributed by atoms with Gasteiger partial charge in [0.25, 0.3) is 0 Å². The average Bonchev–Trinajstić information content (AvgIpc) is 2.19. The molecule has 0 aliphatic heterocycles. The van der Waals surface area contributed by atoms with Crippen molar-refractivity contribution in [2.24, 2.45) is 0 Å². The Kier molecular flexibility index (Phi) is 27.4. The molecule has 0 aromatic heterocycles. The second-order valence-electron chi connectivity index (χ2n) is 1.34. The smallest absolute Gasteiger partial charge is 0.121 e. The molecule has 0 amide bonds. The Morgan fingerprint density at radius 1 is 0.867 bits per heavy atom. The zero-order valence-electron chi connectivity index (χ0n) is 6.84. The minimum absolute atomic E-state index is 0.0895. The van der Waals surface area contributed by atoms with Crippen molar-refractivity contribution in [3.05, 3.63) is 20.1 Å². The summed E-state index contributed by atoms with van der Waals surface area (Å²) in [5.74, 6) is 0.309. The quantitative estimate of drug-likeness (QED) is 0.418. The molecule has 0 nitrogen and oxygen atoms in total. The standard InChI is InChI=1S/C2H3Cl3.2C2HCl3/c3*3-1-2(4)5/h2H,1H2;2*1H. The normalized spacial score (nSPS) is 7.87. The maximum Gasteiger partial charge on any atom is 0.121 e. The van der Waals surface area contributed by atoms with Gasteiger partial charge in [-0.05, 0) is 0 Å². The van der Waals surface area contributed by atoms with Crippen molar-refractivity contribution in [3.8, 4) is 0 Å². The second kappa shape index (κ2) is 18.5. The molecule has 0 fully saturated rings. The Bertz CT molecular complexity index is 149. The van der Waals surface area contributed by atoms with Gasteiger partial charge in [-0.15, -0.1) is 34.8 Å². The Hall–Kier alpha value is 2.09. The summed E-state index contributed by atoms with van der Waals surface area (Å²) in [6, 6.07) is 0. The van der Waals surface area contributed by atoms with E-state index < -0.39 is 4.84 Å². The van der Waals surface area contributed by atoms with Gasteiger partial charge in [0, 0.05) is 11.1 Å². The number of rotatable bonds is 1. The molecule has 0 saturated carbocycles. The Morgan fingerprint density at radius 3 is 1.00 bits per heavy atom. The minimum Gasteiger partial charge on any atom is -0.124 e. The lowest BCUT2D eigenvalue weighted by molar-refractivity contribution is 1.40. The molecule has 0 atom stereocenters. The molecule has 15 heavy (non-hydrogen) atoms. The molecule has 0 aromatic rings. The SMILES string of the molecule is ClC=C(Cl)Cl.ClC=C(Cl)Cl.ClCC(Cl)Cl. The van der Waals surface area contributed by atoms with Crippen molar-refractivity contribution in [3.63, 3.8) is 0 Å². The van der Waals surface area contributed by atoms with Crippen LogP contribution >= 0.6 is 104 Å². The molecular weight excluding hydrogens is 391 g/mol. The maximum atomic E-state index is 5.10. The van der Waals surface area contributed by atoms with E-state index in [-0.39, 0.29) is 8.98 Å². The summed E-state index contributed by atoms with van der Waals surface area (Å²) in [4.78, 5) is -0.406. The van der Waals surface area contributed by atoms with E-state index in [1.807, 2.05) is 0 Å². The predicted octanol–water partition coefficient (Wildman–Crippen LogP) is 7.03. The van der Waals surface area contributed by atoms with Gasteiger partial charge in [-0.3, -0.25) is 0 Å². The molecule has 9 heteroatoms. The highest BCUT2D eigenvalue weighted by Gasteiger charge is 1.88. The molecule has 0 aliphatic carbocycles. The molecule has 0 spiro atoms. The molecule has 0 bridgehead atoms. The number of hydrogen-bond donors (Lipinski definition) is 0. The van der Waals surface area contributed by atoms with Crippen molar-refractivity contribution in [1.82, 2.24) is 0 Å². The van der Waals surface area contributed by atoms with Crippen LogP contribution in [0.5, 0.6) is 0 Å². The zero-order valence-corrected chi connectivity index (χ0v) is 13.6. The van der Waals surface area contributed by atoms with Crippen molar-refractivity contribution >= 4 is 104 Å². The van der Waals surface area contributed by atoms with Crippen LogP contribution < -0.4 is 0 Å². The monoisotopic (exact) mass is 392 g/mol. The van der Waals surface area contributed by atoms with Gasteiger partial charge in [0.05, 0.1) is 5.88 Å². The first-order chi connectivity index (χ1) is 6.81. The Balaban J connectivity index is -0.000000144. The highest BCUT2D eigenvalue weighted by atomic mass is 35.5. The second-order valence-corrected chi connectivity index (χ2v) is 5.38. The van der Waals surface area contributed by atoms with E-state index in [0.29, 0.717) is 5.88 Å². The van der Waals surface area contributed by atoms with Gasteiger partial charge in [-0.1, -0.05) is 69.6 Å². The summed E-state index contributed by atoms with van der Waals surface area (Å²) in [6.07, 6.45) is 0. The highest BCUT2D eigenvalue weighted by Crippen LogP contribution is 2.06. The molecule has 0 saturated heterocycles. The van der Waals surface area contributed by atoms with E-state index in [2.05, 4.69) is 0 Å². The van der Waals surface area contributed by atoms with Crippen LogP contribution in [0.2, 0.25) is 0 Å². The summed E-state index contributed by atoms with van der Waals surface area (Å²) in [5, 5.41) is 0. The molecule has 0 rings (SSSR count). The summed E-state index contributed by atoms with van der Waals surface area (Å²) >= 11 is 44.9. The molecule has 0 aromatic carbocycles. The molecule has 92 valence electrons. The molecule has 0 radical (unpaired) electrons. The topological polar surface area (TPSA) is 0 Å². The van der Waals surface area contributed by atoms with Gasteiger partial charge in [0.1, 0.15) is 13.8 Å². The van der Waals surface area contributed by atoms with Gasteiger partial charge in [-0.2, -0.15) is 0 Å². The van der Waals surface area contributed by atoms with Crippen LogP contribution in [0, 0.1) is 0 Å². The molecule has 0 aliphatic rings. The van der Waals surface area contributed by atoms with Crippen LogP contribution in [0.4, 0.5) is 0 Å². The summed E-state index contributed by atoms with van der Waals surface area (Å²) < 4.78 is 0.179. The largest absolute Gasteiger partial charge is 0.124 e. The van der Waals surface area contributed by atoms with Crippen LogP contribution in [0.15, 0.2) is 20.1 Å². The fourth-order valence-corrected chi connectivity index (χ4v) is 0. The third kappa shape index (κ3) is 48.8. The lowest BCUT2D eigenvalue weighted by atomic mass is 10.9. The number of alkyl halides is 3. The predicted molar refractivity (Wildman–Crippen MR) is 77.5 cm³/mol. The zero-order chi connectivity index (χ0) is 12.9. The summed E-state index contributed by atoms with van der Waals surface area (Å²) in [6.45, 7) is 0. The fraction of sp³-hybridized carbons (Fsp3) is 0.333. The highest BCUT2D eigenvalue weighted by molar-refractivity contribution is 6.58. The fourth-order valence-electron chi connectivity index (χ4n) is 0. The lowest BCUT2D eigenvalue weighted by Gasteiger charge is -1.82. The van der Waals surface area contributed by atoms with E-state index in [1.54, 1.807) is 0 Å². The third-order valence-corrected chi connectivity index (χ3v) is 2.53. The van der Waals surface area contributed by atoms with Crippen molar-refractivity contribution in [2.45, 2.75) is 4.84 Å². The number of hydrogen-bond acceptors (Lipinski definition) is 0. The maximum absolute atomic E-state index is 5.10. The van der Waals surface area contributed by atoms with Gasteiger partial charge in [0.2, 0.25) is 0 Å². The van der Waals surface area contributed by atoms with E-state index in [4.69, 9.17) is 104 Å². The van der Waals surface area contributed by atoms with Crippen LogP contribution in [0.1, 0.15) is 0 Å². The molecular formula is C6H5Cl9. The van der Waals surface area contributed by atoms with Gasteiger partial charge >= 0.3 is 0 Å². The van der Waals surface area contributed by atoms with Gasteiger partial charge in [0.15, 0.2) is 0 Å². The first-order valence-electron chi connectivity index (χ1n) is 2.88. The van der Waals surface area contributed by atoms with E-state index in [9.17, 15) is 0 Å². The van der Waals surface area contributed by atoms with Crippen LogP contribution in [0.3, 0.4) is 0 Å². The first-order valence-corrected chi connectivity index (χ1v) is 6.67. The Labute approximate surface area is 134 Å². The first kappa shape index (κ1) is 22.3. The van der Waals surface area contributed by atoms with E-state index >= 15 is 0 Å². The molecule has 0 heterocycles. The van der Waals surface area contributed by atoms with Crippen LogP contribution in [-0.4, -0.2) is 10.7 Å². The number of halogens is 9. The summed E-state index contributed by atoms with van der Waals surface area (Å²) in [7, 11) is 0. The van der Waals surface area contributed by atoms with Crippen LogP contribution in [0.25, 0.3) is 0 Å². The van der Waals surface area contributed by atoms with Crippen molar-refractivity contribution in [1.29, 1.82) is 0 Å². The molecule has 0 N–H and O–H groups in total. The average molecular weight is 396 g/mol. The van der Waals surface area contributed by atoms with Crippen LogP contribution in [-0.2, 0) is 0 Å². The Morgan fingerprint density at radius 2 is 1.00 bits per heavy atom. The lowest BCUT2D eigenvalue weighted by Crippen LogP contribution is -1.82. The molecule has 0 unspecified atom stereocenters. The van der Waals surface area contributed by atoms with E-state index in [1.165, 1.54) is 0 Å². The van der Waals surface area contributed by atoms with Crippen molar-refractivity contribution in [2.75, 3.05) is 5.88 Å². The van der Waals surface area contributed by atoms with Gasteiger partial charge in [-0.25, -0.2) is 0 Å². The van der Waals surface area contributed by atoms with E-state index in [0.717, 1.165) is 11.1 Å².